The Hall–Kier alpha value is -3.73. The first kappa shape index (κ1) is 20.5. The van der Waals surface area contributed by atoms with E-state index in [1.807, 2.05) is 0 Å². The van der Waals surface area contributed by atoms with Crippen LogP contribution < -0.4 is 5.32 Å². The van der Waals surface area contributed by atoms with Gasteiger partial charge in [0.05, 0.1) is 47.6 Å². The molecule has 3 aromatic heterocycles. The SMILES string of the molecule is O=C(O)c1cncc(-n2cc(C(CC3CCCO3)NC(=O)c3cncc(F)c3)nn2)c1. The number of rotatable bonds is 7. The van der Waals surface area contributed by atoms with E-state index in [1.54, 1.807) is 6.20 Å². The van der Waals surface area contributed by atoms with Crippen molar-refractivity contribution in [1.29, 1.82) is 0 Å². The number of ether oxygens (including phenoxy) is 1. The number of aromatic nitrogens is 5. The van der Waals surface area contributed by atoms with Gasteiger partial charge in [0, 0.05) is 19.0 Å². The molecule has 31 heavy (non-hydrogen) atoms. The number of nitrogens with one attached hydrogen (secondary N) is 1. The molecule has 11 heteroatoms. The molecular weight excluding hydrogens is 407 g/mol. The van der Waals surface area contributed by atoms with Crippen molar-refractivity contribution in [3.8, 4) is 5.69 Å². The lowest BCUT2D eigenvalue weighted by Crippen LogP contribution is -2.31. The van der Waals surface area contributed by atoms with Crippen LogP contribution in [0.3, 0.4) is 0 Å². The molecule has 3 aromatic rings. The fourth-order valence-corrected chi connectivity index (χ4v) is 3.36. The Bertz CT molecular complexity index is 1100. The van der Waals surface area contributed by atoms with Gasteiger partial charge in [-0.3, -0.25) is 14.8 Å². The summed E-state index contributed by atoms with van der Waals surface area (Å²) in [6.07, 6.45) is 8.76. The lowest BCUT2D eigenvalue weighted by molar-refractivity contribution is 0.0695. The van der Waals surface area contributed by atoms with Crippen molar-refractivity contribution in [2.24, 2.45) is 0 Å². The number of halogens is 1. The van der Waals surface area contributed by atoms with E-state index in [0.29, 0.717) is 24.4 Å². The molecule has 4 rings (SSSR count). The van der Waals surface area contributed by atoms with E-state index in [-0.39, 0.29) is 17.2 Å². The Kier molecular flexibility index (Phi) is 5.94. The first-order valence-corrected chi connectivity index (χ1v) is 9.63. The minimum atomic E-state index is -1.11. The molecule has 1 aliphatic rings. The molecule has 0 aromatic carbocycles. The fourth-order valence-electron chi connectivity index (χ4n) is 3.36. The average molecular weight is 426 g/mol. The summed E-state index contributed by atoms with van der Waals surface area (Å²) in [5, 5.41) is 20.2. The van der Waals surface area contributed by atoms with Crippen molar-refractivity contribution in [2.45, 2.75) is 31.4 Å². The zero-order valence-corrected chi connectivity index (χ0v) is 16.3. The largest absolute Gasteiger partial charge is 0.478 e. The van der Waals surface area contributed by atoms with E-state index >= 15 is 0 Å². The molecule has 0 aliphatic carbocycles. The van der Waals surface area contributed by atoms with Crippen molar-refractivity contribution < 1.29 is 23.8 Å². The van der Waals surface area contributed by atoms with Gasteiger partial charge in [-0.05, 0) is 31.4 Å². The number of carboxylic acids is 1. The van der Waals surface area contributed by atoms with E-state index in [1.165, 1.54) is 29.3 Å². The number of amides is 1. The summed E-state index contributed by atoms with van der Waals surface area (Å²) in [6.45, 7) is 0.652. The van der Waals surface area contributed by atoms with E-state index < -0.39 is 23.7 Å². The number of carbonyl (C=O) groups excluding carboxylic acids is 1. The Balaban J connectivity index is 1.59. The summed E-state index contributed by atoms with van der Waals surface area (Å²) in [7, 11) is 0. The maximum absolute atomic E-state index is 13.5. The van der Waals surface area contributed by atoms with Crippen LogP contribution in [-0.2, 0) is 4.74 Å². The number of carboxylic acid groups (broad SMARTS) is 1. The number of hydrogen-bond acceptors (Lipinski definition) is 7. The zero-order chi connectivity index (χ0) is 21.8. The molecule has 160 valence electrons. The van der Waals surface area contributed by atoms with Gasteiger partial charge in [-0.25, -0.2) is 13.9 Å². The average Bonchev–Trinajstić information content (AvgIpc) is 3.45. The summed E-state index contributed by atoms with van der Waals surface area (Å²) in [6, 6.07) is 1.97. The van der Waals surface area contributed by atoms with E-state index in [9.17, 15) is 14.0 Å². The fraction of sp³-hybridized carbons (Fsp3) is 0.300. The van der Waals surface area contributed by atoms with Crippen LogP contribution in [0.4, 0.5) is 4.39 Å². The van der Waals surface area contributed by atoms with Gasteiger partial charge in [0.25, 0.3) is 5.91 Å². The summed E-state index contributed by atoms with van der Waals surface area (Å²) in [5.74, 6) is -2.22. The van der Waals surface area contributed by atoms with Crippen molar-refractivity contribution in [3.63, 3.8) is 0 Å². The molecule has 1 saturated heterocycles. The molecule has 1 aliphatic heterocycles. The van der Waals surface area contributed by atoms with Gasteiger partial charge in [0.1, 0.15) is 11.5 Å². The van der Waals surface area contributed by atoms with Crippen molar-refractivity contribution in [2.75, 3.05) is 6.61 Å². The number of hydrogen-bond donors (Lipinski definition) is 2. The second kappa shape index (κ2) is 8.96. The van der Waals surface area contributed by atoms with Gasteiger partial charge < -0.3 is 15.2 Å². The predicted molar refractivity (Wildman–Crippen MR) is 104 cm³/mol. The number of nitrogens with zero attached hydrogens (tertiary/aromatic N) is 5. The van der Waals surface area contributed by atoms with Gasteiger partial charge >= 0.3 is 5.97 Å². The minimum absolute atomic E-state index is 0.0114. The number of pyridine rings is 2. The lowest BCUT2D eigenvalue weighted by atomic mass is 10.0. The van der Waals surface area contributed by atoms with Crippen LogP contribution >= 0.6 is 0 Å². The quantitative estimate of drug-likeness (QED) is 0.586. The molecule has 2 N–H and O–H groups in total. The highest BCUT2D eigenvalue weighted by Gasteiger charge is 2.26. The predicted octanol–water partition coefficient (Wildman–Crippen LogP) is 1.93. The zero-order valence-electron chi connectivity index (χ0n) is 16.3. The Morgan fingerprint density at radius 3 is 2.77 bits per heavy atom. The second-order valence-electron chi connectivity index (χ2n) is 7.11. The molecule has 2 unspecified atom stereocenters. The highest BCUT2D eigenvalue weighted by atomic mass is 19.1. The van der Waals surface area contributed by atoms with Gasteiger partial charge in [0.15, 0.2) is 0 Å². The maximum atomic E-state index is 13.5. The molecule has 10 nitrogen and oxygen atoms in total. The van der Waals surface area contributed by atoms with Crippen LogP contribution in [0.5, 0.6) is 0 Å². The Morgan fingerprint density at radius 2 is 2.03 bits per heavy atom. The number of aromatic carboxylic acids is 1. The van der Waals surface area contributed by atoms with Gasteiger partial charge in [-0.2, -0.15) is 0 Å². The maximum Gasteiger partial charge on any atom is 0.337 e. The van der Waals surface area contributed by atoms with Gasteiger partial charge in [0.2, 0.25) is 0 Å². The summed E-state index contributed by atoms with van der Waals surface area (Å²) < 4.78 is 20.5. The van der Waals surface area contributed by atoms with E-state index in [2.05, 4.69) is 25.6 Å². The first-order valence-electron chi connectivity index (χ1n) is 9.63. The standard InChI is InChI=1S/C20H19FN6O4/c21-14-4-12(7-22-9-14)19(28)24-17(6-16-2-1-3-31-16)18-11-27(26-25-18)15-5-13(20(29)30)8-23-10-15/h4-5,7-11,16-17H,1-3,6H2,(H,24,28)(H,29,30). The third kappa shape index (κ3) is 4.89. The molecule has 4 heterocycles. The smallest absolute Gasteiger partial charge is 0.337 e. The van der Waals surface area contributed by atoms with Crippen LogP contribution in [-0.4, -0.2) is 54.7 Å². The minimum Gasteiger partial charge on any atom is -0.478 e. The topological polar surface area (TPSA) is 132 Å². The van der Waals surface area contributed by atoms with Crippen molar-refractivity contribution in [3.05, 3.63) is 65.8 Å². The summed E-state index contributed by atoms with van der Waals surface area (Å²) >= 11 is 0. The highest BCUT2D eigenvalue weighted by Crippen LogP contribution is 2.25. The van der Waals surface area contributed by atoms with Crippen LogP contribution in [0.1, 0.15) is 51.7 Å². The molecule has 1 fully saturated rings. The summed E-state index contributed by atoms with van der Waals surface area (Å²) in [4.78, 5) is 31.5. The van der Waals surface area contributed by atoms with Gasteiger partial charge in [-0.15, -0.1) is 5.10 Å². The Morgan fingerprint density at radius 1 is 1.23 bits per heavy atom. The lowest BCUT2D eigenvalue weighted by Gasteiger charge is -2.19. The van der Waals surface area contributed by atoms with E-state index in [0.717, 1.165) is 25.1 Å². The molecule has 1 amide bonds. The molecule has 0 bridgehead atoms. The van der Waals surface area contributed by atoms with Gasteiger partial charge in [-0.1, -0.05) is 5.21 Å². The molecule has 0 radical (unpaired) electrons. The van der Waals surface area contributed by atoms with Crippen LogP contribution in [0.2, 0.25) is 0 Å². The normalized spacial score (nSPS) is 16.7. The second-order valence-corrected chi connectivity index (χ2v) is 7.11. The van der Waals surface area contributed by atoms with Crippen LogP contribution in [0.25, 0.3) is 5.69 Å². The molecule has 0 spiro atoms. The Labute approximate surface area is 176 Å². The van der Waals surface area contributed by atoms with Crippen LogP contribution in [0, 0.1) is 5.82 Å². The molecular formula is C20H19FN6O4. The van der Waals surface area contributed by atoms with Crippen LogP contribution in [0.15, 0.2) is 43.1 Å². The van der Waals surface area contributed by atoms with E-state index in [4.69, 9.17) is 9.84 Å². The first-order chi connectivity index (χ1) is 15.0. The van der Waals surface area contributed by atoms with Crippen molar-refractivity contribution in [1.82, 2.24) is 30.3 Å². The third-order valence-corrected chi connectivity index (χ3v) is 4.90. The monoisotopic (exact) mass is 426 g/mol. The third-order valence-electron chi connectivity index (χ3n) is 4.90. The molecule has 2 atom stereocenters. The number of carbonyl (C=O) groups is 2. The molecule has 0 saturated carbocycles. The van der Waals surface area contributed by atoms with Crippen molar-refractivity contribution >= 4 is 11.9 Å². The summed E-state index contributed by atoms with van der Waals surface area (Å²) in [5.41, 5.74) is 0.963. The highest BCUT2D eigenvalue weighted by molar-refractivity contribution is 5.94.